The lowest BCUT2D eigenvalue weighted by Crippen LogP contribution is -2.40. The highest BCUT2D eigenvalue weighted by molar-refractivity contribution is 7.99. The first kappa shape index (κ1) is 23.8. The zero-order chi connectivity index (χ0) is 17.9. The molecule has 1 saturated carbocycles. The molecule has 4 nitrogen and oxygen atoms in total. The smallest absolute Gasteiger partial charge is 0.241 e. The highest BCUT2D eigenvalue weighted by atomic mass is 35.5. The van der Waals surface area contributed by atoms with Crippen molar-refractivity contribution >= 4 is 48.2 Å². The summed E-state index contributed by atoms with van der Waals surface area (Å²) in [6.07, 6.45) is 6.15. The number of carbonyl (C=O) groups is 1. The van der Waals surface area contributed by atoms with Crippen molar-refractivity contribution in [3.63, 3.8) is 0 Å². The average molecular weight is 446 g/mol. The molecule has 1 amide bonds. The number of hydrogen-bond acceptors (Lipinski definition) is 4. The number of halogens is 2. The maximum atomic E-state index is 12.8. The molecule has 0 aromatic heterocycles. The Bertz CT molecular complexity index is 641. The van der Waals surface area contributed by atoms with E-state index < -0.39 is 0 Å². The largest absolute Gasteiger partial charge is 0.324 e. The van der Waals surface area contributed by atoms with Crippen molar-refractivity contribution in [2.75, 3.05) is 29.9 Å². The van der Waals surface area contributed by atoms with Crippen LogP contribution in [0.15, 0.2) is 18.2 Å². The number of rotatable bonds is 4. The fraction of sp³-hybridized carbons (Fsp3) is 0.667. The van der Waals surface area contributed by atoms with Gasteiger partial charge in [0, 0.05) is 42.9 Å². The summed E-state index contributed by atoms with van der Waals surface area (Å²) < 4.78 is 0. The van der Waals surface area contributed by atoms with Crippen LogP contribution in [0.1, 0.15) is 43.2 Å². The number of nitrogens with zero attached hydrogens (tertiary/aromatic N) is 1. The molecule has 0 radical (unpaired) electrons. The minimum absolute atomic E-state index is 0. The first-order valence-electron chi connectivity index (χ1n) is 10.2. The third-order valence-corrected chi connectivity index (χ3v) is 7.32. The lowest BCUT2D eigenvalue weighted by Gasteiger charge is -2.27. The topological polar surface area (TPSA) is 44.4 Å². The predicted octanol–water partition coefficient (Wildman–Crippen LogP) is 4.25. The van der Waals surface area contributed by atoms with Crippen LogP contribution < -0.4 is 10.6 Å². The highest BCUT2D eigenvalue weighted by Crippen LogP contribution is 2.33. The summed E-state index contributed by atoms with van der Waals surface area (Å²) in [5, 5.41) is 6.81. The van der Waals surface area contributed by atoms with Crippen molar-refractivity contribution in [2.24, 2.45) is 5.92 Å². The van der Waals surface area contributed by atoms with Gasteiger partial charge in [-0.2, -0.15) is 11.8 Å². The molecule has 1 aromatic carbocycles. The van der Waals surface area contributed by atoms with Crippen molar-refractivity contribution in [3.05, 3.63) is 29.3 Å². The minimum atomic E-state index is -0.0229. The van der Waals surface area contributed by atoms with Crippen LogP contribution in [-0.4, -0.2) is 47.5 Å². The van der Waals surface area contributed by atoms with Gasteiger partial charge in [0.05, 0.1) is 6.04 Å². The number of hydrogen-bond donors (Lipinski definition) is 2. The summed E-state index contributed by atoms with van der Waals surface area (Å²) in [6, 6.07) is 6.87. The summed E-state index contributed by atoms with van der Waals surface area (Å²) in [5.41, 5.74) is 3.53. The van der Waals surface area contributed by atoms with E-state index in [0.29, 0.717) is 12.0 Å². The van der Waals surface area contributed by atoms with Crippen LogP contribution in [0, 0.1) is 12.8 Å². The molecule has 0 bridgehead atoms. The van der Waals surface area contributed by atoms with Crippen molar-refractivity contribution in [2.45, 2.75) is 57.7 Å². The van der Waals surface area contributed by atoms with Crippen molar-refractivity contribution in [1.29, 1.82) is 0 Å². The second-order valence-corrected chi connectivity index (χ2v) is 9.30. The number of thioether (sulfide) groups is 1. The third kappa shape index (κ3) is 5.57. The van der Waals surface area contributed by atoms with E-state index in [1.807, 2.05) is 17.8 Å². The van der Waals surface area contributed by atoms with Gasteiger partial charge in [-0.25, -0.2) is 0 Å². The van der Waals surface area contributed by atoms with Gasteiger partial charge in [0.15, 0.2) is 0 Å². The summed E-state index contributed by atoms with van der Waals surface area (Å²) in [4.78, 5) is 15.3. The number of carbonyl (C=O) groups excluding carboxylic acids is 1. The maximum absolute atomic E-state index is 12.8. The Hall–Kier alpha value is -0.460. The minimum Gasteiger partial charge on any atom is -0.324 e. The molecule has 1 aromatic rings. The zero-order valence-electron chi connectivity index (χ0n) is 16.6. The molecule has 7 heteroatoms. The van der Waals surface area contributed by atoms with Gasteiger partial charge in [-0.3, -0.25) is 9.69 Å². The molecule has 2 aliphatic heterocycles. The van der Waals surface area contributed by atoms with Crippen LogP contribution in [0.5, 0.6) is 0 Å². The van der Waals surface area contributed by atoms with E-state index in [1.54, 1.807) is 0 Å². The fourth-order valence-corrected chi connectivity index (χ4v) is 5.71. The first-order valence-corrected chi connectivity index (χ1v) is 11.3. The quantitative estimate of drug-likeness (QED) is 0.726. The van der Waals surface area contributed by atoms with Crippen LogP contribution in [0.4, 0.5) is 5.69 Å². The molecule has 3 aliphatic rings. The number of anilines is 1. The van der Waals surface area contributed by atoms with Gasteiger partial charge in [0.2, 0.25) is 5.91 Å². The van der Waals surface area contributed by atoms with E-state index in [-0.39, 0.29) is 36.8 Å². The molecule has 2 heterocycles. The number of nitrogens with one attached hydrogen (secondary N) is 2. The Morgan fingerprint density at radius 1 is 1.21 bits per heavy atom. The van der Waals surface area contributed by atoms with Gasteiger partial charge in [0.1, 0.15) is 0 Å². The van der Waals surface area contributed by atoms with E-state index in [0.717, 1.165) is 31.7 Å². The van der Waals surface area contributed by atoms with Crippen molar-refractivity contribution < 1.29 is 4.79 Å². The van der Waals surface area contributed by atoms with Crippen LogP contribution in [0.3, 0.4) is 0 Å². The van der Waals surface area contributed by atoms with Crippen molar-refractivity contribution in [3.8, 4) is 0 Å². The van der Waals surface area contributed by atoms with Gasteiger partial charge in [0.25, 0.3) is 0 Å². The monoisotopic (exact) mass is 445 g/mol. The van der Waals surface area contributed by atoms with Crippen molar-refractivity contribution in [1.82, 2.24) is 10.2 Å². The van der Waals surface area contributed by atoms with E-state index >= 15 is 0 Å². The van der Waals surface area contributed by atoms with Gasteiger partial charge < -0.3 is 10.6 Å². The molecule has 3 unspecified atom stereocenters. The van der Waals surface area contributed by atoms with E-state index in [1.165, 1.54) is 48.3 Å². The molecular formula is C21H33Cl2N3OS. The maximum Gasteiger partial charge on any atom is 0.241 e. The molecule has 2 saturated heterocycles. The fourth-order valence-electron chi connectivity index (χ4n) is 4.73. The van der Waals surface area contributed by atoms with Gasteiger partial charge in [-0.1, -0.05) is 25.0 Å². The summed E-state index contributed by atoms with van der Waals surface area (Å²) in [6.45, 7) is 5.46. The summed E-state index contributed by atoms with van der Waals surface area (Å²) in [7, 11) is 0. The Morgan fingerprint density at radius 2 is 1.96 bits per heavy atom. The third-order valence-electron chi connectivity index (χ3n) is 6.38. The molecule has 0 spiro atoms. The van der Waals surface area contributed by atoms with E-state index in [4.69, 9.17) is 0 Å². The predicted molar refractivity (Wildman–Crippen MR) is 124 cm³/mol. The Balaban J connectivity index is 0.00000140. The average Bonchev–Trinajstić information content (AvgIpc) is 3.10. The molecule has 1 aliphatic carbocycles. The normalized spacial score (nSPS) is 27.2. The Labute approximate surface area is 185 Å². The second-order valence-electron chi connectivity index (χ2n) is 8.07. The highest BCUT2D eigenvalue weighted by Gasteiger charge is 2.38. The number of amides is 1. The zero-order valence-corrected chi connectivity index (χ0v) is 19.1. The Morgan fingerprint density at radius 3 is 2.71 bits per heavy atom. The van der Waals surface area contributed by atoms with Gasteiger partial charge in [-0.05, 0) is 49.3 Å². The van der Waals surface area contributed by atoms with Crippen LogP contribution in [0.25, 0.3) is 0 Å². The standard InChI is InChI=1S/C21H31N3OS.2ClH/c1-15-17(14-24-9-11-26-12-10-24)6-4-8-18(15)23-21(25)20-13-16-5-2-3-7-19(16)22-20;;/h4,6,8,16,19-20,22H,2-3,5,7,9-14H2,1H3,(H,23,25);2*1H. The lowest BCUT2D eigenvalue weighted by molar-refractivity contribution is -0.117. The SMILES string of the molecule is Cc1c(CN2CCSCC2)cccc1NC(=O)C1CC2CCCCC2N1.Cl.Cl. The van der Waals surface area contributed by atoms with Gasteiger partial charge >= 0.3 is 0 Å². The van der Waals surface area contributed by atoms with Crippen LogP contribution in [-0.2, 0) is 11.3 Å². The van der Waals surface area contributed by atoms with Crippen LogP contribution in [0.2, 0.25) is 0 Å². The molecule has 3 fully saturated rings. The summed E-state index contributed by atoms with van der Waals surface area (Å²) >= 11 is 2.04. The van der Waals surface area contributed by atoms with E-state index in [2.05, 4.69) is 34.6 Å². The molecule has 28 heavy (non-hydrogen) atoms. The van der Waals surface area contributed by atoms with E-state index in [9.17, 15) is 4.79 Å². The number of fused-ring (bicyclic) bond motifs is 1. The van der Waals surface area contributed by atoms with Crippen LogP contribution >= 0.6 is 36.6 Å². The molecule has 2 N–H and O–H groups in total. The second kappa shape index (κ2) is 11.1. The lowest BCUT2D eigenvalue weighted by atomic mass is 9.85. The Kier molecular flexibility index (Phi) is 9.42. The molecule has 4 rings (SSSR count). The molecular weight excluding hydrogens is 413 g/mol. The summed E-state index contributed by atoms with van der Waals surface area (Å²) in [5.74, 6) is 3.30. The molecule has 3 atom stereocenters. The number of benzene rings is 1. The molecule has 158 valence electrons. The first-order chi connectivity index (χ1) is 12.7. The van der Waals surface area contributed by atoms with Gasteiger partial charge in [-0.15, -0.1) is 24.8 Å².